The Kier molecular flexibility index (Phi) is 9.53. The standard InChI is InChI=1S/C26H45N5O5/c1-9-10-17(19(32)22(34)27-16-11-12-16)28-21(33)18-15(2)13-14-31(18)23(35)20(25(3,4)5)29-24(36)30-26(6,7)8/h15-18,20H,9-14H2,1-8H3,(H,27,34)(H,28,33)(H2,29,30,36)/t15?,17-,18-,20+/m0/s1. The summed E-state index contributed by atoms with van der Waals surface area (Å²) in [6, 6.07) is -3.02. The molecule has 10 nitrogen and oxygen atoms in total. The van der Waals surface area contributed by atoms with Crippen molar-refractivity contribution in [2.45, 2.75) is 117 Å². The fourth-order valence-corrected chi connectivity index (χ4v) is 4.37. The van der Waals surface area contributed by atoms with E-state index in [1.807, 2.05) is 55.4 Å². The van der Waals surface area contributed by atoms with Crippen molar-refractivity contribution >= 4 is 29.5 Å². The van der Waals surface area contributed by atoms with Gasteiger partial charge in [-0.3, -0.25) is 19.2 Å². The van der Waals surface area contributed by atoms with Crippen molar-refractivity contribution in [3.8, 4) is 0 Å². The Morgan fingerprint density at radius 3 is 2.06 bits per heavy atom. The second-order valence-electron chi connectivity index (χ2n) is 12.4. The third-order valence-corrected chi connectivity index (χ3v) is 6.48. The van der Waals surface area contributed by atoms with Crippen molar-refractivity contribution in [3.05, 3.63) is 0 Å². The Hall–Kier alpha value is -2.65. The highest BCUT2D eigenvalue weighted by atomic mass is 16.2. The topological polar surface area (TPSA) is 137 Å². The monoisotopic (exact) mass is 507 g/mol. The molecule has 1 heterocycles. The van der Waals surface area contributed by atoms with E-state index in [2.05, 4.69) is 21.3 Å². The first kappa shape index (κ1) is 29.6. The first-order valence-electron chi connectivity index (χ1n) is 13.1. The summed E-state index contributed by atoms with van der Waals surface area (Å²) in [5, 5.41) is 11.1. The van der Waals surface area contributed by atoms with Crippen LogP contribution in [-0.2, 0) is 19.2 Å². The summed E-state index contributed by atoms with van der Waals surface area (Å²) < 4.78 is 0. The maximum absolute atomic E-state index is 13.7. The van der Waals surface area contributed by atoms with Crippen LogP contribution in [0.4, 0.5) is 4.79 Å². The zero-order valence-corrected chi connectivity index (χ0v) is 23.1. The van der Waals surface area contributed by atoms with Gasteiger partial charge in [0.15, 0.2) is 0 Å². The Bertz CT molecular complexity index is 856. The van der Waals surface area contributed by atoms with Crippen molar-refractivity contribution in [2.75, 3.05) is 6.54 Å². The fourth-order valence-electron chi connectivity index (χ4n) is 4.37. The number of Topliss-reactive ketones (excluding diaryl/α,β-unsaturated/α-hetero) is 1. The molecule has 0 aromatic rings. The molecule has 0 bridgehead atoms. The molecular weight excluding hydrogens is 462 g/mol. The van der Waals surface area contributed by atoms with Crippen LogP contribution in [0.1, 0.15) is 87.5 Å². The summed E-state index contributed by atoms with van der Waals surface area (Å²) in [4.78, 5) is 66.3. The van der Waals surface area contributed by atoms with Crippen LogP contribution in [0.3, 0.4) is 0 Å². The largest absolute Gasteiger partial charge is 0.347 e. The van der Waals surface area contributed by atoms with Crippen LogP contribution in [0, 0.1) is 11.3 Å². The molecule has 0 radical (unpaired) electrons. The van der Waals surface area contributed by atoms with Gasteiger partial charge in [0.2, 0.25) is 17.6 Å². The highest BCUT2D eigenvalue weighted by Crippen LogP contribution is 2.29. The van der Waals surface area contributed by atoms with Gasteiger partial charge < -0.3 is 26.2 Å². The third-order valence-electron chi connectivity index (χ3n) is 6.48. The van der Waals surface area contributed by atoms with Gasteiger partial charge >= 0.3 is 6.03 Å². The van der Waals surface area contributed by atoms with Crippen LogP contribution in [0.2, 0.25) is 0 Å². The molecule has 0 aromatic heterocycles. The summed E-state index contributed by atoms with van der Waals surface area (Å²) in [6.45, 7) is 15.2. The minimum atomic E-state index is -0.944. The summed E-state index contributed by atoms with van der Waals surface area (Å²) in [5.74, 6) is -2.28. The first-order valence-corrected chi connectivity index (χ1v) is 13.1. The number of likely N-dealkylation sites (tertiary alicyclic amines) is 1. The van der Waals surface area contributed by atoms with Crippen molar-refractivity contribution in [1.29, 1.82) is 0 Å². The van der Waals surface area contributed by atoms with Gasteiger partial charge in [0.1, 0.15) is 12.1 Å². The maximum atomic E-state index is 13.7. The van der Waals surface area contributed by atoms with Gasteiger partial charge in [0.25, 0.3) is 5.91 Å². The number of carbonyl (C=O) groups is 5. The third kappa shape index (κ3) is 8.20. The predicted molar refractivity (Wildman–Crippen MR) is 137 cm³/mol. The molecule has 0 spiro atoms. The average Bonchev–Trinajstić information content (AvgIpc) is 3.46. The highest BCUT2D eigenvalue weighted by molar-refractivity contribution is 6.38. The number of carbonyl (C=O) groups excluding carboxylic acids is 5. The molecule has 1 saturated heterocycles. The lowest BCUT2D eigenvalue weighted by Gasteiger charge is -2.36. The SMILES string of the molecule is CCC[C@H](NC(=O)[C@@H]1C(C)CCN1C(=O)[C@@H](NC(=O)NC(C)(C)C)C(C)(C)C)C(=O)C(=O)NC1CC1. The maximum Gasteiger partial charge on any atom is 0.315 e. The lowest BCUT2D eigenvalue weighted by atomic mass is 9.85. The van der Waals surface area contributed by atoms with E-state index in [9.17, 15) is 24.0 Å². The van der Waals surface area contributed by atoms with Crippen molar-refractivity contribution < 1.29 is 24.0 Å². The molecule has 2 rings (SSSR count). The lowest BCUT2D eigenvalue weighted by molar-refractivity contribution is -0.144. The van der Waals surface area contributed by atoms with Gasteiger partial charge in [-0.1, -0.05) is 41.0 Å². The molecule has 1 unspecified atom stereocenters. The molecule has 204 valence electrons. The number of nitrogens with zero attached hydrogens (tertiary/aromatic N) is 1. The number of hydrogen-bond acceptors (Lipinski definition) is 5. The molecule has 2 fully saturated rings. The second-order valence-corrected chi connectivity index (χ2v) is 12.4. The second kappa shape index (κ2) is 11.6. The number of amides is 5. The molecule has 10 heteroatoms. The van der Waals surface area contributed by atoms with Crippen LogP contribution in [0.25, 0.3) is 0 Å². The van der Waals surface area contributed by atoms with Crippen LogP contribution in [0.15, 0.2) is 0 Å². The molecule has 1 saturated carbocycles. The molecule has 5 amide bonds. The summed E-state index contributed by atoms with van der Waals surface area (Å²) in [5.41, 5.74) is -1.09. The quantitative estimate of drug-likeness (QED) is 0.353. The molecule has 36 heavy (non-hydrogen) atoms. The van der Waals surface area contributed by atoms with Crippen molar-refractivity contribution in [1.82, 2.24) is 26.2 Å². The van der Waals surface area contributed by atoms with E-state index < -0.39 is 52.7 Å². The van der Waals surface area contributed by atoms with Gasteiger partial charge in [-0.15, -0.1) is 0 Å². The Labute approximate surface area is 215 Å². The molecule has 2 aliphatic rings. The predicted octanol–water partition coefficient (Wildman–Crippen LogP) is 1.87. The summed E-state index contributed by atoms with van der Waals surface area (Å²) >= 11 is 0. The fraction of sp³-hybridized carbons (Fsp3) is 0.808. The number of ketones is 1. The van der Waals surface area contributed by atoms with Crippen LogP contribution in [-0.4, -0.2) is 70.7 Å². The Morgan fingerprint density at radius 2 is 1.56 bits per heavy atom. The van der Waals surface area contributed by atoms with E-state index in [0.29, 0.717) is 25.8 Å². The van der Waals surface area contributed by atoms with Crippen LogP contribution < -0.4 is 21.3 Å². The molecule has 4 atom stereocenters. The zero-order chi connectivity index (χ0) is 27.4. The minimum absolute atomic E-state index is 0.0414. The van der Waals surface area contributed by atoms with Gasteiger partial charge in [0, 0.05) is 18.1 Å². The van der Waals surface area contributed by atoms with Crippen molar-refractivity contribution in [2.24, 2.45) is 11.3 Å². The minimum Gasteiger partial charge on any atom is -0.347 e. The van der Waals surface area contributed by atoms with Gasteiger partial charge in [-0.05, 0) is 57.8 Å². The van der Waals surface area contributed by atoms with Gasteiger partial charge in [-0.2, -0.15) is 0 Å². The van der Waals surface area contributed by atoms with E-state index >= 15 is 0 Å². The van der Waals surface area contributed by atoms with Crippen LogP contribution in [0.5, 0.6) is 0 Å². The van der Waals surface area contributed by atoms with E-state index in [-0.39, 0.29) is 17.9 Å². The number of rotatable bonds is 9. The average molecular weight is 508 g/mol. The molecule has 1 aliphatic heterocycles. The normalized spacial score (nSPS) is 21.8. The Balaban J connectivity index is 2.19. The van der Waals surface area contributed by atoms with Gasteiger partial charge in [-0.25, -0.2) is 4.79 Å². The number of urea groups is 1. The van der Waals surface area contributed by atoms with E-state index in [0.717, 1.165) is 12.8 Å². The molecule has 1 aliphatic carbocycles. The van der Waals surface area contributed by atoms with Gasteiger partial charge in [0.05, 0.1) is 6.04 Å². The lowest BCUT2D eigenvalue weighted by Crippen LogP contribution is -2.61. The molecule has 0 aromatic carbocycles. The summed E-state index contributed by atoms with van der Waals surface area (Å²) in [6.07, 6.45) is 3.27. The highest BCUT2D eigenvalue weighted by Gasteiger charge is 2.45. The molecule has 4 N–H and O–H groups in total. The zero-order valence-electron chi connectivity index (χ0n) is 23.1. The van der Waals surface area contributed by atoms with E-state index in [4.69, 9.17) is 0 Å². The first-order chi connectivity index (χ1) is 16.5. The van der Waals surface area contributed by atoms with E-state index in [1.165, 1.54) is 4.90 Å². The summed E-state index contributed by atoms with van der Waals surface area (Å²) in [7, 11) is 0. The number of nitrogens with one attached hydrogen (secondary N) is 4. The number of hydrogen-bond donors (Lipinski definition) is 4. The Morgan fingerprint density at radius 1 is 0.944 bits per heavy atom. The van der Waals surface area contributed by atoms with E-state index in [1.54, 1.807) is 0 Å². The van der Waals surface area contributed by atoms with Crippen molar-refractivity contribution in [3.63, 3.8) is 0 Å². The smallest absolute Gasteiger partial charge is 0.315 e. The molecular formula is C26H45N5O5. The van der Waals surface area contributed by atoms with Crippen LogP contribution >= 0.6 is 0 Å².